The average molecular weight is 435 g/mol. The molecule has 1 saturated heterocycles. The molecule has 0 spiro atoms. The van der Waals surface area contributed by atoms with Gasteiger partial charge in [-0.1, -0.05) is 0 Å². The number of phenolic OH excluding ortho intramolecular Hbond substituents is 1. The highest BCUT2D eigenvalue weighted by atomic mass is 35.5. The molecule has 0 aliphatic carbocycles. The van der Waals surface area contributed by atoms with E-state index in [1.165, 1.54) is 22.9 Å². The monoisotopic (exact) mass is 434 g/mol. The molecule has 0 amide bonds. The third kappa shape index (κ3) is 3.69. The molecular formula is C20H20ClFN4O4. The van der Waals surface area contributed by atoms with Gasteiger partial charge in [-0.2, -0.15) is 0 Å². The van der Waals surface area contributed by atoms with E-state index in [1.54, 1.807) is 12.1 Å². The number of anilines is 1. The van der Waals surface area contributed by atoms with Crippen LogP contribution in [0.3, 0.4) is 0 Å². The van der Waals surface area contributed by atoms with Gasteiger partial charge in [0.1, 0.15) is 11.3 Å². The molecule has 3 aromatic rings. The van der Waals surface area contributed by atoms with Crippen molar-refractivity contribution in [2.24, 2.45) is 0 Å². The lowest BCUT2D eigenvalue weighted by Crippen LogP contribution is -2.50. The van der Waals surface area contributed by atoms with Crippen molar-refractivity contribution < 1.29 is 19.4 Å². The van der Waals surface area contributed by atoms with Crippen molar-refractivity contribution in [3.63, 3.8) is 0 Å². The lowest BCUT2D eigenvalue weighted by atomic mass is 10.1. The SMILES string of the molecule is CC1CNCCN1c1nc2c(cc1F)c(=O)c(C(=O)O)cn2-c1ccc(O)cc1.Cl. The Hall–Kier alpha value is -3.17. The van der Waals surface area contributed by atoms with Gasteiger partial charge in [0.2, 0.25) is 5.43 Å². The predicted octanol–water partition coefficient (Wildman–Crippen LogP) is 2.15. The molecule has 1 aliphatic rings. The molecule has 158 valence electrons. The van der Waals surface area contributed by atoms with Crippen LogP contribution in [0, 0.1) is 5.82 Å². The lowest BCUT2D eigenvalue weighted by molar-refractivity contribution is 0.0695. The second-order valence-electron chi connectivity index (χ2n) is 6.97. The van der Waals surface area contributed by atoms with E-state index in [0.717, 1.165) is 6.07 Å². The summed E-state index contributed by atoms with van der Waals surface area (Å²) in [6.45, 7) is 3.83. The summed E-state index contributed by atoms with van der Waals surface area (Å²) in [5, 5.41) is 22.1. The summed E-state index contributed by atoms with van der Waals surface area (Å²) < 4.78 is 16.4. The zero-order valence-electron chi connectivity index (χ0n) is 16.0. The third-order valence-electron chi connectivity index (χ3n) is 5.04. The number of carboxylic acids is 1. The van der Waals surface area contributed by atoms with Gasteiger partial charge in [0, 0.05) is 37.6 Å². The van der Waals surface area contributed by atoms with E-state index < -0.39 is 22.8 Å². The summed E-state index contributed by atoms with van der Waals surface area (Å²) in [5.74, 6) is -1.94. The molecule has 0 bridgehead atoms. The van der Waals surface area contributed by atoms with Crippen molar-refractivity contribution in [2.75, 3.05) is 24.5 Å². The highest BCUT2D eigenvalue weighted by Gasteiger charge is 2.25. The summed E-state index contributed by atoms with van der Waals surface area (Å²) >= 11 is 0. The Morgan fingerprint density at radius 3 is 2.63 bits per heavy atom. The number of carbonyl (C=O) groups is 1. The van der Waals surface area contributed by atoms with Gasteiger partial charge in [0.25, 0.3) is 0 Å². The number of halogens is 2. The number of aromatic carboxylic acids is 1. The average Bonchev–Trinajstić information content (AvgIpc) is 2.69. The van der Waals surface area contributed by atoms with Crippen molar-refractivity contribution >= 4 is 35.2 Å². The molecule has 3 N–H and O–H groups in total. The topological polar surface area (TPSA) is 108 Å². The summed E-state index contributed by atoms with van der Waals surface area (Å²) in [4.78, 5) is 30.5. The first kappa shape index (κ1) is 21.5. The quantitative estimate of drug-likeness (QED) is 0.579. The van der Waals surface area contributed by atoms with Crippen LogP contribution in [0.1, 0.15) is 17.3 Å². The van der Waals surface area contributed by atoms with E-state index >= 15 is 0 Å². The highest BCUT2D eigenvalue weighted by Crippen LogP contribution is 2.26. The van der Waals surface area contributed by atoms with Gasteiger partial charge < -0.3 is 25.0 Å². The Morgan fingerprint density at radius 2 is 2.00 bits per heavy atom. The van der Waals surface area contributed by atoms with E-state index in [4.69, 9.17) is 0 Å². The van der Waals surface area contributed by atoms with Crippen molar-refractivity contribution in [1.29, 1.82) is 0 Å². The fourth-order valence-corrected chi connectivity index (χ4v) is 3.53. The lowest BCUT2D eigenvalue weighted by Gasteiger charge is -2.35. The first-order valence-corrected chi connectivity index (χ1v) is 9.13. The molecule has 1 unspecified atom stereocenters. The van der Waals surface area contributed by atoms with Crippen LogP contribution in [0.25, 0.3) is 16.7 Å². The zero-order valence-corrected chi connectivity index (χ0v) is 16.8. The predicted molar refractivity (Wildman–Crippen MR) is 113 cm³/mol. The van der Waals surface area contributed by atoms with E-state index in [0.29, 0.717) is 25.3 Å². The molecule has 1 atom stereocenters. The van der Waals surface area contributed by atoms with E-state index in [1.807, 2.05) is 11.8 Å². The number of pyridine rings is 2. The molecule has 2 aromatic heterocycles. The molecule has 8 nitrogen and oxygen atoms in total. The smallest absolute Gasteiger partial charge is 0.341 e. The maximum atomic E-state index is 14.9. The highest BCUT2D eigenvalue weighted by molar-refractivity contribution is 5.92. The molecule has 0 saturated carbocycles. The fourth-order valence-electron chi connectivity index (χ4n) is 3.53. The number of benzene rings is 1. The molecule has 30 heavy (non-hydrogen) atoms. The summed E-state index contributed by atoms with van der Waals surface area (Å²) in [7, 11) is 0. The summed E-state index contributed by atoms with van der Waals surface area (Å²) in [5.41, 5.74) is -0.662. The minimum absolute atomic E-state index is 0. The van der Waals surface area contributed by atoms with Crippen LogP contribution in [0.15, 0.2) is 41.3 Å². The van der Waals surface area contributed by atoms with Gasteiger partial charge in [-0.3, -0.25) is 4.79 Å². The van der Waals surface area contributed by atoms with Gasteiger partial charge in [0.05, 0.1) is 5.39 Å². The molecule has 3 heterocycles. The van der Waals surface area contributed by atoms with E-state index in [-0.39, 0.29) is 41.0 Å². The first-order valence-electron chi connectivity index (χ1n) is 9.13. The summed E-state index contributed by atoms with van der Waals surface area (Å²) in [6, 6.07) is 7.03. The fraction of sp³-hybridized carbons (Fsp3) is 0.250. The second kappa shape index (κ2) is 8.29. The van der Waals surface area contributed by atoms with E-state index in [2.05, 4.69) is 10.3 Å². The number of piperazine rings is 1. The van der Waals surface area contributed by atoms with Crippen LogP contribution < -0.4 is 15.6 Å². The molecule has 1 aliphatic heterocycles. The van der Waals surface area contributed by atoms with Gasteiger partial charge >= 0.3 is 5.97 Å². The maximum Gasteiger partial charge on any atom is 0.341 e. The minimum Gasteiger partial charge on any atom is -0.508 e. The Bertz CT molecular complexity index is 1170. The number of nitrogens with zero attached hydrogens (tertiary/aromatic N) is 3. The molecular weight excluding hydrogens is 415 g/mol. The molecule has 4 rings (SSSR count). The summed E-state index contributed by atoms with van der Waals surface area (Å²) in [6.07, 6.45) is 1.18. The number of carboxylic acid groups (broad SMARTS) is 1. The number of rotatable bonds is 3. The van der Waals surface area contributed by atoms with Crippen LogP contribution in [0.2, 0.25) is 0 Å². The van der Waals surface area contributed by atoms with Crippen molar-refractivity contribution in [2.45, 2.75) is 13.0 Å². The Balaban J connectivity index is 0.00000256. The Morgan fingerprint density at radius 1 is 1.30 bits per heavy atom. The number of nitrogens with one attached hydrogen (secondary N) is 1. The van der Waals surface area contributed by atoms with Crippen LogP contribution in [0.5, 0.6) is 5.75 Å². The largest absolute Gasteiger partial charge is 0.508 e. The van der Waals surface area contributed by atoms with Gasteiger partial charge in [-0.05, 0) is 37.3 Å². The number of hydrogen-bond acceptors (Lipinski definition) is 6. The molecule has 1 fully saturated rings. The van der Waals surface area contributed by atoms with Crippen molar-refractivity contribution in [3.8, 4) is 11.4 Å². The van der Waals surface area contributed by atoms with Gasteiger partial charge in [-0.15, -0.1) is 12.4 Å². The second-order valence-corrected chi connectivity index (χ2v) is 6.97. The van der Waals surface area contributed by atoms with Crippen LogP contribution >= 0.6 is 12.4 Å². The third-order valence-corrected chi connectivity index (χ3v) is 5.04. The molecule has 0 radical (unpaired) electrons. The number of aromatic hydroxyl groups is 1. The normalized spacial score (nSPS) is 16.3. The number of aromatic nitrogens is 2. The van der Waals surface area contributed by atoms with Crippen LogP contribution in [-0.2, 0) is 0 Å². The minimum atomic E-state index is -1.41. The van der Waals surface area contributed by atoms with Crippen LogP contribution in [-0.4, -0.2) is 51.4 Å². The van der Waals surface area contributed by atoms with Crippen molar-refractivity contribution in [3.05, 3.63) is 58.1 Å². The van der Waals surface area contributed by atoms with Crippen LogP contribution in [0.4, 0.5) is 10.2 Å². The van der Waals surface area contributed by atoms with E-state index in [9.17, 15) is 24.2 Å². The Labute approximate surface area is 177 Å². The van der Waals surface area contributed by atoms with Gasteiger partial charge in [0.15, 0.2) is 17.3 Å². The zero-order chi connectivity index (χ0) is 20.7. The Kier molecular flexibility index (Phi) is 5.95. The standard InChI is InChI=1S/C20H19FN4O4.ClH/c1-11-9-22-6-7-24(11)19-16(21)8-14-17(27)15(20(28)29)10-25(18(14)23-19)12-2-4-13(26)5-3-12;/h2-5,8,10-11,22,26H,6-7,9H2,1H3,(H,28,29);1H. The molecule has 10 heteroatoms. The number of fused-ring (bicyclic) bond motifs is 1. The van der Waals surface area contributed by atoms with Crippen molar-refractivity contribution in [1.82, 2.24) is 14.9 Å². The maximum absolute atomic E-state index is 14.9. The number of hydrogen-bond donors (Lipinski definition) is 3. The van der Waals surface area contributed by atoms with Gasteiger partial charge in [-0.25, -0.2) is 14.2 Å². The number of phenols is 1. The molecule has 1 aromatic carbocycles. The first-order chi connectivity index (χ1) is 13.9.